The van der Waals surface area contributed by atoms with Crippen molar-refractivity contribution in [3.8, 4) is 0 Å². The van der Waals surface area contributed by atoms with Crippen LogP contribution in [0, 0.1) is 11.8 Å². The number of fused-ring (bicyclic) bond motifs is 1. The third-order valence-electron chi connectivity index (χ3n) is 8.03. The van der Waals surface area contributed by atoms with Crippen LogP contribution in [0.5, 0.6) is 0 Å². The van der Waals surface area contributed by atoms with Crippen molar-refractivity contribution in [2.24, 2.45) is 11.8 Å². The van der Waals surface area contributed by atoms with Gasteiger partial charge in [-0.05, 0) is 44.1 Å². The average molecular weight is 620 g/mol. The van der Waals surface area contributed by atoms with Crippen molar-refractivity contribution >= 4 is 45.5 Å². The first kappa shape index (κ1) is 29.9. The van der Waals surface area contributed by atoms with Gasteiger partial charge in [-0.1, -0.05) is 58.4 Å². The van der Waals surface area contributed by atoms with Crippen molar-refractivity contribution in [2.45, 2.75) is 65.9 Å². The van der Waals surface area contributed by atoms with Crippen LogP contribution < -0.4 is 0 Å². The van der Waals surface area contributed by atoms with E-state index in [0.717, 1.165) is 24.8 Å². The minimum absolute atomic E-state index is 0.000430. The predicted octanol–water partition coefficient (Wildman–Crippen LogP) is 4.34. The van der Waals surface area contributed by atoms with Crippen molar-refractivity contribution in [1.82, 2.24) is 9.80 Å². The van der Waals surface area contributed by atoms with E-state index in [4.69, 9.17) is 4.74 Å². The fourth-order valence-corrected chi connectivity index (χ4v) is 9.93. The summed E-state index contributed by atoms with van der Waals surface area (Å²) in [6, 6.07) is 9.09. The van der Waals surface area contributed by atoms with E-state index in [-0.39, 0.29) is 34.5 Å². The molecule has 7 nitrogen and oxygen atoms in total. The molecule has 3 saturated heterocycles. The van der Waals surface area contributed by atoms with Gasteiger partial charge in [0.1, 0.15) is 6.04 Å². The number of amides is 2. The Kier molecular flexibility index (Phi) is 10.3. The van der Waals surface area contributed by atoms with Crippen molar-refractivity contribution in [1.29, 1.82) is 0 Å². The van der Waals surface area contributed by atoms with Crippen molar-refractivity contribution in [3.05, 3.63) is 61.2 Å². The molecule has 3 heterocycles. The number of hydrogen-bond donors (Lipinski definition) is 1. The summed E-state index contributed by atoms with van der Waals surface area (Å²) in [5, 5.41) is 9.26. The molecular formula is C30H39BrN2O5S. The monoisotopic (exact) mass is 618 g/mol. The Morgan fingerprint density at radius 3 is 2.64 bits per heavy atom. The molecule has 0 aromatic heterocycles. The zero-order valence-corrected chi connectivity index (χ0v) is 24.8. The van der Waals surface area contributed by atoms with Gasteiger partial charge < -0.3 is 19.6 Å². The van der Waals surface area contributed by atoms with Gasteiger partial charge in [0.15, 0.2) is 0 Å². The predicted molar refractivity (Wildman–Crippen MR) is 157 cm³/mol. The third-order valence-corrected chi connectivity index (χ3v) is 11.2. The van der Waals surface area contributed by atoms with Crippen LogP contribution in [0.1, 0.15) is 44.1 Å². The molecule has 1 aromatic carbocycles. The fourth-order valence-electron chi connectivity index (χ4n) is 6.34. The summed E-state index contributed by atoms with van der Waals surface area (Å²) in [6.07, 6.45) is 7.81. The Balaban J connectivity index is 1.63. The lowest BCUT2D eigenvalue weighted by molar-refractivity contribution is -0.154. The number of rotatable bonds is 15. The third kappa shape index (κ3) is 6.00. The van der Waals surface area contributed by atoms with Gasteiger partial charge in [-0.15, -0.1) is 24.9 Å². The van der Waals surface area contributed by atoms with Gasteiger partial charge in [-0.2, -0.15) is 0 Å². The minimum atomic E-state index is -0.713. The van der Waals surface area contributed by atoms with Crippen LogP contribution in [-0.4, -0.2) is 79.9 Å². The Labute approximate surface area is 244 Å². The number of halogens is 1. The maximum Gasteiger partial charge on any atom is 0.310 e. The molecule has 6 atom stereocenters. The number of carbonyl (C=O) groups excluding carboxylic acids is 3. The molecule has 3 fully saturated rings. The standard InChI is InChI=1S/C30H39BrN2O5S/c1-3-5-6-12-18-38-29(37)23-24-27(35)33(16-10-11-17-34)26(30(24)19-22(31)25(23)39-30)28(36)32(15-4-2)20-21-13-8-7-9-14-21/h3-4,7-9,13-14,22-26,34H,1-2,5-6,10-12,15-20H2/t22?,23-,24-,25-,26?,30?/m0/s1. The first-order valence-corrected chi connectivity index (χ1v) is 15.6. The van der Waals surface area contributed by atoms with Gasteiger partial charge in [0.25, 0.3) is 0 Å². The number of likely N-dealkylation sites (tertiary alicyclic amines) is 1. The highest BCUT2D eigenvalue weighted by atomic mass is 79.9. The van der Waals surface area contributed by atoms with Crippen LogP contribution in [-0.2, 0) is 25.7 Å². The Morgan fingerprint density at radius 2 is 1.95 bits per heavy atom. The van der Waals surface area contributed by atoms with Crippen molar-refractivity contribution in [3.63, 3.8) is 0 Å². The van der Waals surface area contributed by atoms with Gasteiger partial charge in [0, 0.05) is 36.3 Å². The zero-order chi connectivity index (χ0) is 28.0. The van der Waals surface area contributed by atoms with E-state index in [1.807, 2.05) is 36.4 Å². The van der Waals surface area contributed by atoms with Gasteiger partial charge in [0.2, 0.25) is 11.8 Å². The molecule has 4 rings (SSSR count). The molecule has 2 amide bonds. The zero-order valence-electron chi connectivity index (χ0n) is 22.4. The van der Waals surface area contributed by atoms with E-state index >= 15 is 0 Å². The number of allylic oxidation sites excluding steroid dienone is 1. The number of alkyl halides is 1. The summed E-state index contributed by atoms with van der Waals surface area (Å²) in [5.41, 5.74) is 0.998. The molecule has 3 aliphatic rings. The number of nitrogens with zero attached hydrogens (tertiary/aromatic N) is 2. The van der Waals surface area contributed by atoms with Crippen LogP contribution in [0.15, 0.2) is 55.6 Å². The van der Waals surface area contributed by atoms with Crippen molar-refractivity contribution < 1.29 is 24.2 Å². The summed E-state index contributed by atoms with van der Waals surface area (Å²) in [7, 11) is 0. The van der Waals surface area contributed by atoms with Crippen LogP contribution >= 0.6 is 27.7 Å². The van der Waals surface area contributed by atoms with Crippen molar-refractivity contribution in [2.75, 3.05) is 26.3 Å². The number of benzene rings is 1. The highest BCUT2D eigenvalue weighted by molar-refractivity contribution is 9.09. The Bertz CT molecular complexity index is 1060. The van der Waals surface area contributed by atoms with E-state index in [0.29, 0.717) is 45.5 Å². The van der Waals surface area contributed by atoms with E-state index < -0.39 is 22.6 Å². The Morgan fingerprint density at radius 1 is 1.18 bits per heavy atom. The molecule has 1 aromatic rings. The SMILES string of the molecule is C=CCCCCOC(=O)[C@H]1[C@H]2C(=O)N(CCCCO)C(C(=O)N(CC=C)Cc3ccccc3)C23CC(Br)[C@@H]1S3. The number of esters is 1. The number of aliphatic hydroxyl groups is 1. The molecule has 2 bridgehead atoms. The number of carbonyl (C=O) groups is 3. The van der Waals surface area contributed by atoms with Gasteiger partial charge >= 0.3 is 5.97 Å². The minimum Gasteiger partial charge on any atom is -0.465 e. The van der Waals surface area contributed by atoms with Gasteiger partial charge in [-0.3, -0.25) is 14.4 Å². The molecule has 3 unspecified atom stereocenters. The van der Waals surface area contributed by atoms with E-state index in [9.17, 15) is 19.5 Å². The molecule has 0 saturated carbocycles. The first-order chi connectivity index (χ1) is 18.9. The van der Waals surface area contributed by atoms with E-state index in [1.165, 1.54) is 0 Å². The van der Waals surface area contributed by atoms with Crippen LogP contribution in [0.25, 0.3) is 0 Å². The molecule has 9 heteroatoms. The lowest BCUT2D eigenvalue weighted by Gasteiger charge is -2.38. The van der Waals surface area contributed by atoms with E-state index in [1.54, 1.807) is 27.6 Å². The summed E-state index contributed by atoms with van der Waals surface area (Å²) in [5.74, 6) is -1.81. The highest BCUT2D eigenvalue weighted by Gasteiger charge is 2.76. The Hall–Kier alpha value is -2.10. The number of hydrogen-bond acceptors (Lipinski definition) is 6. The molecule has 1 spiro atoms. The molecule has 39 heavy (non-hydrogen) atoms. The van der Waals surface area contributed by atoms with Crippen LogP contribution in [0.2, 0.25) is 0 Å². The maximum absolute atomic E-state index is 14.4. The topological polar surface area (TPSA) is 87.1 Å². The lowest BCUT2D eigenvalue weighted by Crippen LogP contribution is -2.55. The molecule has 0 aliphatic carbocycles. The lowest BCUT2D eigenvalue weighted by atomic mass is 9.71. The van der Waals surface area contributed by atoms with Crippen LogP contribution in [0.3, 0.4) is 0 Å². The largest absolute Gasteiger partial charge is 0.465 e. The fraction of sp³-hybridized carbons (Fsp3) is 0.567. The summed E-state index contributed by atoms with van der Waals surface area (Å²) < 4.78 is 4.99. The smallest absolute Gasteiger partial charge is 0.310 e. The summed E-state index contributed by atoms with van der Waals surface area (Å²) in [6.45, 7) is 9.06. The second-order valence-electron chi connectivity index (χ2n) is 10.6. The maximum atomic E-state index is 14.4. The van der Waals surface area contributed by atoms with Gasteiger partial charge in [-0.25, -0.2) is 0 Å². The molecule has 3 aliphatic heterocycles. The molecule has 1 N–H and O–H groups in total. The molecule has 212 valence electrons. The molecule has 0 radical (unpaired) electrons. The summed E-state index contributed by atoms with van der Waals surface area (Å²) in [4.78, 5) is 45.4. The van der Waals surface area contributed by atoms with Crippen LogP contribution in [0.4, 0.5) is 0 Å². The second-order valence-corrected chi connectivity index (χ2v) is 13.3. The normalized spacial score (nSPS) is 28.8. The number of thioether (sulfide) groups is 1. The number of unbranched alkanes of at least 4 members (excludes halogenated alkanes) is 3. The number of ether oxygens (including phenoxy) is 1. The average Bonchev–Trinajstić information content (AvgIpc) is 3.52. The first-order valence-electron chi connectivity index (χ1n) is 13.8. The second kappa shape index (κ2) is 13.5. The summed E-state index contributed by atoms with van der Waals surface area (Å²) >= 11 is 5.42. The number of aliphatic hydroxyl groups excluding tert-OH is 1. The quantitative estimate of drug-likeness (QED) is 0.136. The highest BCUT2D eigenvalue weighted by Crippen LogP contribution is 2.68. The van der Waals surface area contributed by atoms with Gasteiger partial charge in [0.05, 0.1) is 23.2 Å². The van der Waals surface area contributed by atoms with E-state index in [2.05, 4.69) is 29.1 Å². The molecular weight excluding hydrogens is 580 g/mol.